The molecular formula is C27H42N2O4. The third kappa shape index (κ3) is 7.12. The summed E-state index contributed by atoms with van der Waals surface area (Å²) in [5.41, 5.74) is 1.65. The van der Waals surface area contributed by atoms with Crippen LogP contribution in [-0.4, -0.2) is 45.8 Å². The van der Waals surface area contributed by atoms with E-state index in [-0.39, 0.29) is 40.0 Å². The molecular weight excluding hydrogens is 416 g/mol. The van der Waals surface area contributed by atoms with Crippen molar-refractivity contribution in [3.63, 3.8) is 0 Å². The van der Waals surface area contributed by atoms with E-state index in [0.717, 1.165) is 12.8 Å². The lowest BCUT2D eigenvalue weighted by molar-refractivity contribution is -0.118. The van der Waals surface area contributed by atoms with Gasteiger partial charge in [0.05, 0.1) is 23.7 Å². The van der Waals surface area contributed by atoms with E-state index in [2.05, 4.69) is 0 Å². The second-order valence-corrected chi connectivity index (χ2v) is 11.2. The molecule has 2 rings (SSSR count). The van der Waals surface area contributed by atoms with Gasteiger partial charge in [0.25, 0.3) is 0 Å². The number of nitrogens with zero attached hydrogens (tertiary/aromatic N) is 2. The number of carbonyl (C=O) groups excluding carboxylic acids is 2. The molecule has 0 aromatic heterocycles. The number of aliphatic hydroxyl groups excluding tert-OH is 2. The SMILES string of the molecule is CCCC(O)=C1C(=O)CC(C)(C)CC1=NCC(C)N=C1CC(C)(C)CC(=O)C1=C(O)CCC. The summed E-state index contributed by atoms with van der Waals surface area (Å²) in [5, 5.41) is 21.1. The maximum Gasteiger partial charge on any atom is 0.168 e. The Morgan fingerprint density at radius 1 is 0.818 bits per heavy atom. The Bertz CT molecular complexity index is 903. The lowest BCUT2D eigenvalue weighted by atomic mass is 9.73. The molecule has 0 aromatic rings. The van der Waals surface area contributed by atoms with Gasteiger partial charge in [-0.3, -0.25) is 19.6 Å². The average Bonchev–Trinajstić information content (AvgIpc) is 2.64. The molecule has 1 atom stereocenters. The van der Waals surface area contributed by atoms with E-state index in [9.17, 15) is 19.8 Å². The number of hydrogen-bond acceptors (Lipinski definition) is 6. The van der Waals surface area contributed by atoms with Crippen LogP contribution in [0.3, 0.4) is 0 Å². The van der Waals surface area contributed by atoms with E-state index in [1.54, 1.807) is 0 Å². The molecule has 0 saturated heterocycles. The minimum atomic E-state index is -0.228. The third-order valence-electron chi connectivity index (χ3n) is 6.18. The van der Waals surface area contributed by atoms with Gasteiger partial charge in [0.2, 0.25) is 0 Å². The molecule has 2 N–H and O–H groups in total. The molecule has 6 nitrogen and oxygen atoms in total. The highest BCUT2D eigenvalue weighted by Gasteiger charge is 2.37. The van der Waals surface area contributed by atoms with Crippen molar-refractivity contribution in [2.24, 2.45) is 20.8 Å². The zero-order chi connectivity index (χ0) is 25.0. The molecule has 2 aliphatic rings. The monoisotopic (exact) mass is 458 g/mol. The van der Waals surface area contributed by atoms with Gasteiger partial charge in [-0.05, 0) is 43.4 Å². The first-order chi connectivity index (χ1) is 15.3. The van der Waals surface area contributed by atoms with Gasteiger partial charge in [0, 0.05) is 37.1 Å². The number of carbonyl (C=O) groups is 2. The Hall–Kier alpha value is -2.24. The molecule has 0 heterocycles. The number of aliphatic hydroxyl groups is 2. The Labute approximate surface area is 199 Å². The molecule has 33 heavy (non-hydrogen) atoms. The summed E-state index contributed by atoms with van der Waals surface area (Å²) < 4.78 is 0. The fraction of sp³-hybridized carbons (Fsp3) is 0.704. The predicted octanol–water partition coefficient (Wildman–Crippen LogP) is 6.26. The van der Waals surface area contributed by atoms with Gasteiger partial charge in [-0.15, -0.1) is 0 Å². The highest BCUT2D eigenvalue weighted by molar-refractivity contribution is 6.25. The van der Waals surface area contributed by atoms with Crippen molar-refractivity contribution in [2.45, 2.75) is 106 Å². The van der Waals surface area contributed by atoms with Crippen LogP contribution in [0.4, 0.5) is 0 Å². The second kappa shape index (κ2) is 10.8. The Balaban J connectivity index is 2.38. The molecule has 0 aliphatic heterocycles. The highest BCUT2D eigenvalue weighted by atomic mass is 16.3. The van der Waals surface area contributed by atoms with E-state index in [1.807, 2.05) is 48.5 Å². The van der Waals surface area contributed by atoms with E-state index in [4.69, 9.17) is 9.98 Å². The molecule has 2 aliphatic carbocycles. The molecule has 0 amide bonds. The maximum atomic E-state index is 12.8. The van der Waals surface area contributed by atoms with Crippen LogP contribution in [0.15, 0.2) is 32.6 Å². The quantitative estimate of drug-likeness (QED) is 0.347. The number of hydrogen-bond donors (Lipinski definition) is 2. The molecule has 2 saturated carbocycles. The standard InChI is InChI=1S/C27H42N2O4/c1-8-10-20(30)24-18(12-26(4,5)14-22(24)32)28-16-17(3)29-19-13-27(6,7)15-23(33)25(19)21(31)11-9-2/h17,30-31H,8-16H2,1-7H3. The minimum Gasteiger partial charge on any atom is -0.511 e. The van der Waals surface area contributed by atoms with E-state index in [0.29, 0.717) is 67.6 Å². The highest BCUT2D eigenvalue weighted by Crippen LogP contribution is 2.37. The smallest absolute Gasteiger partial charge is 0.168 e. The number of Topliss-reactive ketones (excluding diaryl/α,β-unsaturated/α-hetero) is 2. The third-order valence-corrected chi connectivity index (χ3v) is 6.18. The summed E-state index contributed by atoms with van der Waals surface area (Å²) >= 11 is 0. The van der Waals surface area contributed by atoms with Crippen molar-refractivity contribution in [3.8, 4) is 0 Å². The summed E-state index contributed by atoms with van der Waals surface area (Å²) in [5.74, 6) is 0.155. The van der Waals surface area contributed by atoms with Crippen LogP contribution in [-0.2, 0) is 9.59 Å². The number of rotatable bonds is 7. The summed E-state index contributed by atoms with van der Waals surface area (Å²) in [6.07, 6.45) is 4.46. The van der Waals surface area contributed by atoms with Crippen molar-refractivity contribution in [1.82, 2.24) is 0 Å². The van der Waals surface area contributed by atoms with Gasteiger partial charge < -0.3 is 10.2 Å². The molecule has 6 heteroatoms. The van der Waals surface area contributed by atoms with Gasteiger partial charge in [-0.25, -0.2) is 0 Å². The van der Waals surface area contributed by atoms with Crippen LogP contribution in [0.1, 0.15) is 99.8 Å². The Morgan fingerprint density at radius 2 is 1.24 bits per heavy atom. The minimum absolute atomic E-state index is 0.0516. The van der Waals surface area contributed by atoms with Crippen LogP contribution in [0, 0.1) is 10.8 Å². The number of ketones is 2. The molecule has 0 bridgehead atoms. The molecule has 0 aromatic carbocycles. The zero-order valence-corrected chi connectivity index (χ0v) is 21.5. The van der Waals surface area contributed by atoms with Crippen molar-refractivity contribution in [1.29, 1.82) is 0 Å². The van der Waals surface area contributed by atoms with E-state index >= 15 is 0 Å². The number of allylic oxidation sites excluding steroid dienone is 4. The topological polar surface area (TPSA) is 99.3 Å². The first-order valence-corrected chi connectivity index (χ1v) is 12.3. The van der Waals surface area contributed by atoms with Crippen LogP contribution in [0.5, 0.6) is 0 Å². The predicted molar refractivity (Wildman–Crippen MR) is 134 cm³/mol. The van der Waals surface area contributed by atoms with Gasteiger partial charge in [0.1, 0.15) is 11.5 Å². The second-order valence-electron chi connectivity index (χ2n) is 11.2. The Morgan fingerprint density at radius 3 is 1.70 bits per heavy atom. The maximum absolute atomic E-state index is 12.8. The summed E-state index contributed by atoms with van der Waals surface area (Å²) in [6, 6.07) is -0.228. The molecule has 0 radical (unpaired) electrons. The van der Waals surface area contributed by atoms with Crippen molar-refractivity contribution in [2.75, 3.05) is 6.54 Å². The van der Waals surface area contributed by atoms with Gasteiger partial charge in [-0.2, -0.15) is 0 Å². The van der Waals surface area contributed by atoms with Gasteiger partial charge in [0.15, 0.2) is 11.6 Å². The van der Waals surface area contributed by atoms with Gasteiger partial charge in [-0.1, -0.05) is 41.5 Å². The molecule has 2 fully saturated rings. The van der Waals surface area contributed by atoms with Crippen molar-refractivity contribution in [3.05, 3.63) is 22.7 Å². The zero-order valence-electron chi connectivity index (χ0n) is 21.5. The van der Waals surface area contributed by atoms with Crippen molar-refractivity contribution >= 4 is 23.0 Å². The molecule has 0 spiro atoms. The lowest BCUT2D eigenvalue weighted by Crippen LogP contribution is -2.34. The fourth-order valence-corrected chi connectivity index (χ4v) is 4.75. The van der Waals surface area contributed by atoms with Crippen LogP contribution in [0.2, 0.25) is 0 Å². The molecule has 184 valence electrons. The lowest BCUT2D eigenvalue weighted by Gasteiger charge is -2.32. The summed E-state index contributed by atoms with van der Waals surface area (Å²) in [7, 11) is 0. The van der Waals surface area contributed by atoms with Crippen LogP contribution >= 0.6 is 0 Å². The first kappa shape index (κ1) is 27.0. The van der Waals surface area contributed by atoms with Crippen LogP contribution < -0.4 is 0 Å². The largest absolute Gasteiger partial charge is 0.511 e. The normalized spacial score (nSPS) is 27.1. The van der Waals surface area contributed by atoms with E-state index in [1.165, 1.54) is 0 Å². The summed E-state index contributed by atoms with van der Waals surface area (Å²) in [4.78, 5) is 35.2. The summed E-state index contributed by atoms with van der Waals surface area (Å²) in [6.45, 7) is 14.4. The van der Waals surface area contributed by atoms with Gasteiger partial charge >= 0.3 is 0 Å². The number of aliphatic imine (C=N–C) groups is 2. The van der Waals surface area contributed by atoms with Crippen LogP contribution in [0.25, 0.3) is 0 Å². The Kier molecular flexibility index (Phi) is 8.83. The first-order valence-electron chi connectivity index (χ1n) is 12.3. The van der Waals surface area contributed by atoms with Crippen molar-refractivity contribution < 1.29 is 19.8 Å². The molecule has 1 unspecified atom stereocenters. The average molecular weight is 459 g/mol. The fourth-order valence-electron chi connectivity index (χ4n) is 4.75. The van der Waals surface area contributed by atoms with E-state index < -0.39 is 0 Å².